The van der Waals surface area contributed by atoms with Gasteiger partial charge in [-0.25, -0.2) is 4.79 Å². The van der Waals surface area contributed by atoms with Crippen LogP contribution in [-0.2, 0) is 11.3 Å². The number of carbonyl (C=O) groups excluding carboxylic acids is 1. The van der Waals surface area contributed by atoms with E-state index in [1.54, 1.807) is 4.90 Å². The third-order valence-corrected chi connectivity index (χ3v) is 4.31. The molecule has 2 rings (SSSR count). The van der Waals surface area contributed by atoms with Gasteiger partial charge in [-0.05, 0) is 33.4 Å². The number of hydrogen-bond donors (Lipinski definition) is 1. The van der Waals surface area contributed by atoms with Gasteiger partial charge in [-0.3, -0.25) is 4.99 Å². The average Bonchev–Trinajstić information content (AvgIpc) is 2.61. The molecule has 27 heavy (non-hydrogen) atoms. The minimum Gasteiger partial charge on any atom is -0.444 e. The van der Waals surface area contributed by atoms with Crippen molar-refractivity contribution in [2.75, 3.05) is 46.3 Å². The maximum atomic E-state index is 12.1. The highest BCUT2D eigenvalue weighted by molar-refractivity contribution is 5.78. The van der Waals surface area contributed by atoms with E-state index >= 15 is 0 Å². The van der Waals surface area contributed by atoms with Gasteiger partial charge in [0.05, 0.1) is 6.54 Å². The van der Waals surface area contributed by atoms with E-state index in [-0.39, 0.29) is 6.09 Å². The molecule has 1 amide bonds. The molecule has 0 spiro atoms. The maximum Gasteiger partial charge on any atom is 0.410 e. The molecule has 0 radical (unpaired) electrons. The van der Waals surface area contributed by atoms with Crippen molar-refractivity contribution in [3.05, 3.63) is 35.9 Å². The number of carbonyl (C=O) groups is 1. The van der Waals surface area contributed by atoms with Crippen molar-refractivity contribution in [3.63, 3.8) is 0 Å². The fourth-order valence-corrected chi connectivity index (χ4v) is 2.85. The fourth-order valence-electron chi connectivity index (χ4n) is 2.85. The van der Waals surface area contributed by atoms with E-state index < -0.39 is 5.60 Å². The molecule has 1 aromatic carbocycles. The number of benzene rings is 1. The third kappa shape index (κ3) is 7.46. The normalized spacial score (nSPS) is 16.0. The van der Waals surface area contributed by atoms with Crippen molar-refractivity contribution in [1.29, 1.82) is 0 Å². The number of likely N-dealkylation sites (N-methyl/N-ethyl adjacent to an activating group) is 1. The largest absolute Gasteiger partial charge is 0.444 e. The minimum atomic E-state index is -0.472. The first-order valence-electron chi connectivity index (χ1n) is 9.50. The Balaban J connectivity index is 1.71. The third-order valence-electron chi connectivity index (χ3n) is 4.31. The zero-order chi connectivity index (χ0) is 19.9. The molecule has 1 aliphatic heterocycles. The van der Waals surface area contributed by atoms with Crippen molar-refractivity contribution in [3.8, 4) is 0 Å². The van der Waals surface area contributed by atoms with Gasteiger partial charge in [0.1, 0.15) is 5.60 Å². The predicted octanol–water partition coefficient (Wildman–Crippen LogP) is 1.99. The summed E-state index contributed by atoms with van der Waals surface area (Å²) in [5, 5.41) is 0. The SMILES string of the molecule is CN(CCN=C(N)N1CCN(C(=O)OC(C)(C)C)CC1)Cc1ccccc1. The van der Waals surface area contributed by atoms with E-state index in [0.29, 0.717) is 38.7 Å². The molecule has 7 heteroatoms. The highest BCUT2D eigenvalue weighted by Gasteiger charge is 2.26. The maximum absolute atomic E-state index is 12.1. The van der Waals surface area contributed by atoms with Crippen LogP contribution in [-0.4, -0.2) is 78.7 Å². The monoisotopic (exact) mass is 375 g/mol. The molecule has 0 atom stereocenters. The first kappa shape index (κ1) is 21.0. The number of piperazine rings is 1. The predicted molar refractivity (Wildman–Crippen MR) is 109 cm³/mol. The summed E-state index contributed by atoms with van der Waals surface area (Å²) < 4.78 is 5.41. The molecule has 1 fully saturated rings. The lowest BCUT2D eigenvalue weighted by Crippen LogP contribution is -2.53. The molecule has 0 unspecified atom stereocenters. The average molecular weight is 376 g/mol. The molecule has 1 heterocycles. The van der Waals surface area contributed by atoms with Crippen molar-refractivity contribution in [1.82, 2.24) is 14.7 Å². The molecule has 1 saturated heterocycles. The second-order valence-corrected chi connectivity index (χ2v) is 7.92. The molecule has 0 aromatic heterocycles. The van der Waals surface area contributed by atoms with Gasteiger partial charge in [0.15, 0.2) is 5.96 Å². The van der Waals surface area contributed by atoms with Crippen LogP contribution in [0.4, 0.5) is 4.79 Å². The molecule has 0 saturated carbocycles. The second-order valence-electron chi connectivity index (χ2n) is 7.92. The highest BCUT2D eigenvalue weighted by Crippen LogP contribution is 2.11. The van der Waals surface area contributed by atoms with Gasteiger partial charge in [0.2, 0.25) is 0 Å². The fraction of sp³-hybridized carbons (Fsp3) is 0.600. The molecule has 2 N–H and O–H groups in total. The van der Waals surface area contributed by atoms with Crippen LogP contribution in [0.3, 0.4) is 0 Å². The van der Waals surface area contributed by atoms with Crippen molar-refractivity contribution in [2.45, 2.75) is 32.9 Å². The lowest BCUT2D eigenvalue weighted by molar-refractivity contribution is 0.0186. The Hall–Kier alpha value is -2.28. The van der Waals surface area contributed by atoms with Gasteiger partial charge >= 0.3 is 6.09 Å². The van der Waals surface area contributed by atoms with Crippen LogP contribution in [0.15, 0.2) is 35.3 Å². The van der Waals surface area contributed by atoms with Gasteiger partial charge in [0, 0.05) is 39.3 Å². The van der Waals surface area contributed by atoms with E-state index in [4.69, 9.17) is 10.5 Å². The lowest BCUT2D eigenvalue weighted by Gasteiger charge is -2.36. The standard InChI is InChI=1S/C20H33N5O2/c1-20(2,3)27-19(26)25-14-12-24(13-15-25)18(21)22-10-11-23(4)16-17-8-6-5-7-9-17/h5-9H,10-16H2,1-4H3,(H2,21,22). The van der Waals surface area contributed by atoms with Gasteiger partial charge in [-0.1, -0.05) is 30.3 Å². The van der Waals surface area contributed by atoms with Gasteiger partial charge in [0.25, 0.3) is 0 Å². The van der Waals surface area contributed by atoms with Crippen molar-refractivity contribution < 1.29 is 9.53 Å². The summed E-state index contributed by atoms with van der Waals surface area (Å²) in [6, 6.07) is 10.4. The second kappa shape index (κ2) is 9.60. The van der Waals surface area contributed by atoms with E-state index in [1.807, 2.05) is 31.7 Å². The quantitative estimate of drug-likeness (QED) is 0.629. The number of nitrogens with two attached hydrogens (primary N) is 1. The number of ether oxygens (including phenoxy) is 1. The number of aliphatic imine (C=N–C) groups is 1. The van der Waals surface area contributed by atoms with Gasteiger partial charge < -0.3 is 25.2 Å². The summed E-state index contributed by atoms with van der Waals surface area (Å²) in [6.07, 6.45) is -0.264. The Kier molecular flexibility index (Phi) is 7.47. The zero-order valence-electron chi connectivity index (χ0n) is 17.0. The summed E-state index contributed by atoms with van der Waals surface area (Å²) in [5.74, 6) is 0.548. The Labute approximate surface area is 162 Å². The topological polar surface area (TPSA) is 74.4 Å². The lowest BCUT2D eigenvalue weighted by atomic mass is 10.2. The first-order chi connectivity index (χ1) is 12.7. The molecular weight excluding hydrogens is 342 g/mol. The molecule has 0 aliphatic carbocycles. The Morgan fingerprint density at radius 2 is 1.74 bits per heavy atom. The van der Waals surface area contributed by atoms with E-state index in [1.165, 1.54) is 5.56 Å². The number of hydrogen-bond acceptors (Lipinski definition) is 4. The van der Waals surface area contributed by atoms with Crippen LogP contribution in [0.2, 0.25) is 0 Å². The highest BCUT2D eigenvalue weighted by atomic mass is 16.6. The van der Waals surface area contributed by atoms with Crippen molar-refractivity contribution in [2.24, 2.45) is 10.7 Å². The van der Waals surface area contributed by atoms with E-state index in [2.05, 4.69) is 41.2 Å². The van der Waals surface area contributed by atoms with Gasteiger partial charge in [-0.2, -0.15) is 0 Å². The van der Waals surface area contributed by atoms with E-state index in [0.717, 1.165) is 13.1 Å². The summed E-state index contributed by atoms with van der Waals surface area (Å²) in [6.45, 7) is 10.6. The molecule has 7 nitrogen and oxygen atoms in total. The molecule has 150 valence electrons. The van der Waals surface area contributed by atoms with Crippen LogP contribution in [0.5, 0.6) is 0 Å². The van der Waals surface area contributed by atoms with Crippen molar-refractivity contribution >= 4 is 12.1 Å². The Morgan fingerprint density at radius 1 is 1.15 bits per heavy atom. The van der Waals surface area contributed by atoms with Crippen LogP contribution in [0.1, 0.15) is 26.3 Å². The summed E-state index contributed by atoms with van der Waals surface area (Å²) in [4.78, 5) is 22.6. The Bertz CT molecular complexity index is 619. The number of rotatable bonds is 5. The van der Waals surface area contributed by atoms with Crippen LogP contribution >= 0.6 is 0 Å². The van der Waals surface area contributed by atoms with Gasteiger partial charge in [-0.15, -0.1) is 0 Å². The number of nitrogens with zero attached hydrogens (tertiary/aromatic N) is 4. The van der Waals surface area contributed by atoms with E-state index in [9.17, 15) is 4.79 Å². The van der Waals surface area contributed by atoms with Crippen LogP contribution in [0, 0.1) is 0 Å². The first-order valence-corrected chi connectivity index (χ1v) is 9.50. The molecular formula is C20H33N5O2. The smallest absolute Gasteiger partial charge is 0.410 e. The zero-order valence-corrected chi connectivity index (χ0v) is 17.0. The summed E-state index contributed by atoms with van der Waals surface area (Å²) in [5.41, 5.74) is 6.95. The molecule has 0 bridgehead atoms. The summed E-state index contributed by atoms with van der Waals surface area (Å²) in [7, 11) is 2.08. The number of guanidine groups is 1. The molecule has 1 aromatic rings. The number of amides is 1. The van der Waals surface area contributed by atoms with Crippen LogP contribution in [0.25, 0.3) is 0 Å². The Morgan fingerprint density at radius 3 is 2.33 bits per heavy atom. The summed E-state index contributed by atoms with van der Waals surface area (Å²) >= 11 is 0. The minimum absolute atomic E-state index is 0.264. The molecule has 1 aliphatic rings. The van der Waals surface area contributed by atoms with Crippen LogP contribution < -0.4 is 5.73 Å².